The molecule has 0 spiro atoms. The van der Waals surface area contributed by atoms with Gasteiger partial charge in [-0.1, -0.05) is 13.0 Å². The van der Waals surface area contributed by atoms with Gasteiger partial charge in [-0.3, -0.25) is 4.98 Å². The normalized spacial score (nSPS) is 10.4. The van der Waals surface area contributed by atoms with Crippen LogP contribution in [0.4, 0.5) is 0 Å². The smallest absolute Gasteiger partial charge is 0.0887 e. The van der Waals surface area contributed by atoms with Gasteiger partial charge in [0.1, 0.15) is 0 Å². The Labute approximate surface area is 85.5 Å². The number of aromatic nitrogens is 1. The van der Waals surface area contributed by atoms with E-state index in [1.165, 1.54) is 5.56 Å². The predicted molar refractivity (Wildman–Crippen MR) is 56.9 cm³/mol. The molecule has 1 N–H and O–H groups in total. The Bertz CT molecular complexity index is 246. The molecule has 1 aromatic heterocycles. The van der Waals surface area contributed by atoms with Gasteiger partial charge in [0, 0.05) is 19.3 Å². The van der Waals surface area contributed by atoms with E-state index in [1.54, 1.807) is 0 Å². The standard InChI is InChI=1S/C11H18N2O/c1-3-6-14-9-11-5-4-10(7-12-2)8-13-11/h4-5,8,12H,3,6-7,9H2,1-2H3. The summed E-state index contributed by atoms with van der Waals surface area (Å²) < 4.78 is 5.39. The first-order valence-electron chi connectivity index (χ1n) is 5.03. The average molecular weight is 194 g/mol. The zero-order valence-corrected chi connectivity index (χ0v) is 8.92. The molecule has 1 heterocycles. The lowest BCUT2D eigenvalue weighted by molar-refractivity contribution is 0.119. The number of hydrogen-bond donors (Lipinski definition) is 1. The van der Waals surface area contributed by atoms with Crippen molar-refractivity contribution in [1.82, 2.24) is 10.3 Å². The van der Waals surface area contributed by atoms with Crippen molar-refractivity contribution in [2.75, 3.05) is 13.7 Å². The van der Waals surface area contributed by atoms with Crippen LogP contribution in [0.1, 0.15) is 24.6 Å². The largest absolute Gasteiger partial charge is 0.375 e. The lowest BCUT2D eigenvalue weighted by Crippen LogP contribution is -2.06. The first-order valence-corrected chi connectivity index (χ1v) is 5.03. The number of ether oxygens (including phenoxy) is 1. The van der Waals surface area contributed by atoms with Gasteiger partial charge in [0.05, 0.1) is 12.3 Å². The number of rotatable bonds is 6. The molecule has 1 aromatic rings. The van der Waals surface area contributed by atoms with E-state index in [9.17, 15) is 0 Å². The summed E-state index contributed by atoms with van der Waals surface area (Å²) in [4.78, 5) is 4.30. The molecule has 0 atom stereocenters. The van der Waals surface area contributed by atoms with Crippen molar-refractivity contribution in [1.29, 1.82) is 0 Å². The van der Waals surface area contributed by atoms with Crippen LogP contribution in [-0.2, 0) is 17.9 Å². The summed E-state index contributed by atoms with van der Waals surface area (Å²) in [6.45, 7) is 4.39. The fourth-order valence-electron chi connectivity index (χ4n) is 1.17. The van der Waals surface area contributed by atoms with E-state index in [2.05, 4.69) is 23.3 Å². The highest BCUT2D eigenvalue weighted by Gasteiger charge is 1.95. The maximum atomic E-state index is 5.39. The lowest BCUT2D eigenvalue weighted by atomic mass is 10.2. The molecule has 0 aromatic carbocycles. The minimum absolute atomic E-state index is 0.619. The van der Waals surface area contributed by atoms with Crippen LogP contribution in [0, 0.1) is 0 Å². The van der Waals surface area contributed by atoms with Crippen molar-refractivity contribution in [3.05, 3.63) is 29.6 Å². The second kappa shape index (κ2) is 6.51. The molecule has 0 aliphatic carbocycles. The predicted octanol–water partition coefficient (Wildman–Crippen LogP) is 1.73. The van der Waals surface area contributed by atoms with E-state index in [0.717, 1.165) is 25.3 Å². The highest BCUT2D eigenvalue weighted by atomic mass is 16.5. The molecule has 0 amide bonds. The highest BCUT2D eigenvalue weighted by molar-refractivity contribution is 5.13. The van der Waals surface area contributed by atoms with Gasteiger partial charge >= 0.3 is 0 Å². The van der Waals surface area contributed by atoms with Crippen LogP contribution in [0.3, 0.4) is 0 Å². The zero-order valence-electron chi connectivity index (χ0n) is 8.92. The molecule has 0 bridgehead atoms. The van der Waals surface area contributed by atoms with E-state index in [1.807, 2.05) is 19.3 Å². The summed E-state index contributed by atoms with van der Waals surface area (Å²) >= 11 is 0. The average Bonchev–Trinajstić information content (AvgIpc) is 2.21. The van der Waals surface area contributed by atoms with Crippen LogP contribution < -0.4 is 5.32 Å². The number of nitrogens with one attached hydrogen (secondary N) is 1. The van der Waals surface area contributed by atoms with Crippen LogP contribution in [0.5, 0.6) is 0 Å². The molecular weight excluding hydrogens is 176 g/mol. The number of nitrogens with zero attached hydrogens (tertiary/aromatic N) is 1. The van der Waals surface area contributed by atoms with E-state index in [-0.39, 0.29) is 0 Å². The highest BCUT2D eigenvalue weighted by Crippen LogP contribution is 2.01. The minimum Gasteiger partial charge on any atom is -0.375 e. The summed E-state index contributed by atoms with van der Waals surface area (Å²) in [5, 5.41) is 3.08. The molecule has 3 heteroatoms. The first kappa shape index (κ1) is 11.1. The Kier molecular flexibility index (Phi) is 5.19. The maximum absolute atomic E-state index is 5.39. The summed E-state index contributed by atoms with van der Waals surface area (Å²) in [5.74, 6) is 0. The Hall–Kier alpha value is -0.930. The molecular formula is C11H18N2O. The number of pyridine rings is 1. The van der Waals surface area contributed by atoms with E-state index < -0.39 is 0 Å². The van der Waals surface area contributed by atoms with Gasteiger partial charge in [0.15, 0.2) is 0 Å². The van der Waals surface area contributed by atoms with Gasteiger partial charge in [-0.25, -0.2) is 0 Å². The third-order valence-corrected chi connectivity index (χ3v) is 1.87. The topological polar surface area (TPSA) is 34.1 Å². The third kappa shape index (κ3) is 3.85. The van der Waals surface area contributed by atoms with Crippen molar-refractivity contribution < 1.29 is 4.74 Å². The summed E-state index contributed by atoms with van der Waals surface area (Å²) in [6.07, 6.45) is 2.94. The Morgan fingerprint density at radius 2 is 2.29 bits per heavy atom. The summed E-state index contributed by atoms with van der Waals surface area (Å²) in [6, 6.07) is 4.09. The maximum Gasteiger partial charge on any atom is 0.0887 e. The van der Waals surface area contributed by atoms with Gasteiger partial charge in [-0.2, -0.15) is 0 Å². The minimum atomic E-state index is 0.619. The quantitative estimate of drug-likeness (QED) is 0.700. The van der Waals surface area contributed by atoms with Crippen LogP contribution in [0.15, 0.2) is 18.3 Å². The second-order valence-corrected chi connectivity index (χ2v) is 3.24. The van der Waals surface area contributed by atoms with Gasteiger partial charge in [-0.15, -0.1) is 0 Å². The molecule has 3 nitrogen and oxygen atoms in total. The van der Waals surface area contributed by atoms with Crippen LogP contribution in [-0.4, -0.2) is 18.6 Å². The van der Waals surface area contributed by atoms with Gasteiger partial charge in [-0.05, 0) is 25.1 Å². The summed E-state index contributed by atoms with van der Waals surface area (Å²) in [7, 11) is 1.93. The number of hydrogen-bond acceptors (Lipinski definition) is 3. The molecule has 0 saturated heterocycles. The van der Waals surface area contributed by atoms with Crippen molar-refractivity contribution in [2.45, 2.75) is 26.5 Å². The molecule has 14 heavy (non-hydrogen) atoms. The molecule has 0 unspecified atom stereocenters. The van der Waals surface area contributed by atoms with E-state index >= 15 is 0 Å². The van der Waals surface area contributed by atoms with Crippen LogP contribution in [0.2, 0.25) is 0 Å². The zero-order chi connectivity index (χ0) is 10.2. The van der Waals surface area contributed by atoms with Crippen LogP contribution >= 0.6 is 0 Å². The van der Waals surface area contributed by atoms with Gasteiger partial charge in [0.2, 0.25) is 0 Å². The fourth-order valence-corrected chi connectivity index (χ4v) is 1.17. The molecule has 0 saturated carbocycles. The molecule has 0 fully saturated rings. The van der Waals surface area contributed by atoms with Crippen molar-refractivity contribution in [2.24, 2.45) is 0 Å². The van der Waals surface area contributed by atoms with E-state index in [4.69, 9.17) is 4.74 Å². The Morgan fingerprint density at radius 1 is 1.43 bits per heavy atom. The SMILES string of the molecule is CCCOCc1ccc(CNC)cn1. The first-order chi connectivity index (χ1) is 6.86. The Balaban J connectivity index is 2.38. The molecule has 78 valence electrons. The molecule has 0 radical (unpaired) electrons. The van der Waals surface area contributed by atoms with Crippen molar-refractivity contribution >= 4 is 0 Å². The molecule has 1 rings (SSSR count). The van der Waals surface area contributed by atoms with Crippen molar-refractivity contribution in [3.8, 4) is 0 Å². The van der Waals surface area contributed by atoms with Gasteiger partial charge in [0.25, 0.3) is 0 Å². The van der Waals surface area contributed by atoms with Crippen molar-refractivity contribution in [3.63, 3.8) is 0 Å². The monoisotopic (exact) mass is 194 g/mol. The summed E-state index contributed by atoms with van der Waals surface area (Å²) in [5.41, 5.74) is 2.20. The molecule has 0 aliphatic rings. The third-order valence-electron chi connectivity index (χ3n) is 1.87. The lowest BCUT2D eigenvalue weighted by Gasteiger charge is -2.03. The Morgan fingerprint density at radius 3 is 2.86 bits per heavy atom. The van der Waals surface area contributed by atoms with Crippen LogP contribution in [0.25, 0.3) is 0 Å². The van der Waals surface area contributed by atoms with E-state index in [0.29, 0.717) is 6.61 Å². The second-order valence-electron chi connectivity index (χ2n) is 3.24. The fraction of sp³-hybridized carbons (Fsp3) is 0.545. The van der Waals surface area contributed by atoms with Gasteiger partial charge < -0.3 is 10.1 Å². The molecule has 0 aliphatic heterocycles.